The van der Waals surface area contributed by atoms with Crippen LogP contribution in [-0.2, 0) is 13.1 Å². The van der Waals surface area contributed by atoms with Gasteiger partial charge in [-0.3, -0.25) is 4.98 Å². The van der Waals surface area contributed by atoms with E-state index in [1.807, 2.05) is 30.6 Å². The van der Waals surface area contributed by atoms with Gasteiger partial charge in [-0.25, -0.2) is 4.98 Å². The van der Waals surface area contributed by atoms with Crippen molar-refractivity contribution in [2.45, 2.75) is 26.4 Å². The van der Waals surface area contributed by atoms with Crippen molar-refractivity contribution in [3.63, 3.8) is 0 Å². The van der Waals surface area contributed by atoms with Crippen molar-refractivity contribution in [1.82, 2.24) is 15.3 Å². The minimum atomic E-state index is 0.788. The van der Waals surface area contributed by atoms with Gasteiger partial charge in [-0.05, 0) is 25.1 Å². The van der Waals surface area contributed by atoms with Crippen LogP contribution in [0.4, 0.5) is 5.13 Å². The second kappa shape index (κ2) is 7.21. The number of thiazole rings is 1. The van der Waals surface area contributed by atoms with Gasteiger partial charge in [0.25, 0.3) is 0 Å². The largest absolute Gasteiger partial charge is 0.345 e. The molecule has 0 amide bonds. The number of hydrogen-bond acceptors (Lipinski definition) is 5. The van der Waals surface area contributed by atoms with Crippen molar-refractivity contribution < 1.29 is 0 Å². The van der Waals surface area contributed by atoms with Crippen LogP contribution in [0, 0.1) is 0 Å². The van der Waals surface area contributed by atoms with Crippen molar-refractivity contribution in [3.8, 4) is 0 Å². The SMILES string of the molecule is CCCNCc1cnc(N(C)Cc2ccccn2)s1. The van der Waals surface area contributed by atoms with Crippen LogP contribution in [0.1, 0.15) is 23.9 Å². The number of anilines is 1. The molecule has 0 atom stereocenters. The van der Waals surface area contributed by atoms with Gasteiger partial charge in [-0.1, -0.05) is 13.0 Å². The molecule has 0 fully saturated rings. The monoisotopic (exact) mass is 276 g/mol. The fourth-order valence-electron chi connectivity index (χ4n) is 1.75. The molecule has 0 aliphatic carbocycles. The number of pyridine rings is 1. The Labute approximate surface area is 118 Å². The summed E-state index contributed by atoms with van der Waals surface area (Å²) >= 11 is 1.74. The standard InChI is InChI=1S/C14H20N4S/c1-3-7-15-9-13-10-17-14(19-13)18(2)11-12-6-4-5-8-16-12/h4-6,8,10,15H,3,7,9,11H2,1-2H3. The molecule has 0 unspecified atom stereocenters. The fourth-order valence-corrected chi connectivity index (χ4v) is 2.59. The minimum absolute atomic E-state index is 0.788. The van der Waals surface area contributed by atoms with Crippen molar-refractivity contribution in [2.75, 3.05) is 18.5 Å². The highest BCUT2D eigenvalue weighted by atomic mass is 32.1. The molecule has 102 valence electrons. The summed E-state index contributed by atoms with van der Waals surface area (Å²) in [5, 5.41) is 4.43. The van der Waals surface area contributed by atoms with Crippen molar-refractivity contribution in [1.29, 1.82) is 0 Å². The van der Waals surface area contributed by atoms with Crippen molar-refractivity contribution >= 4 is 16.5 Å². The summed E-state index contributed by atoms with van der Waals surface area (Å²) in [6.07, 6.45) is 4.94. The topological polar surface area (TPSA) is 41.1 Å². The Kier molecular flexibility index (Phi) is 5.30. The highest BCUT2D eigenvalue weighted by Crippen LogP contribution is 2.22. The number of hydrogen-bond donors (Lipinski definition) is 1. The Hall–Kier alpha value is -1.46. The van der Waals surface area contributed by atoms with E-state index in [1.165, 1.54) is 4.88 Å². The average Bonchev–Trinajstić information content (AvgIpc) is 2.89. The third kappa shape index (κ3) is 4.29. The number of nitrogens with one attached hydrogen (secondary N) is 1. The normalized spacial score (nSPS) is 10.6. The maximum absolute atomic E-state index is 4.47. The second-order valence-corrected chi connectivity index (χ2v) is 5.56. The highest BCUT2D eigenvalue weighted by Gasteiger charge is 2.07. The second-order valence-electron chi connectivity index (χ2n) is 4.46. The molecule has 1 N–H and O–H groups in total. The molecular weight excluding hydrogens is 256 g/mol. The van der Waals surface area contributed by atoms with Crippen LogP contribution in [0.15, 0.2) is 30.6 Å². The lowest BCUT2D eigenvalue weighted by Gasteiger charge is -2.14. The summed E-state index contributed by atoms with van der Waals surface area (Å²) in [4.78, 5) is 12.2. The van der Waals surface area contributed by atoms with Gasteiger partial charge in [0, 0.05) is 30.9 Å². The minimum Gasteiger partial charge on any atom is -0.345 e. The van der Waals surface area contributed by atoms with Crippen LogP contribution in [-0.4, -0.2) is 23.6 Å². The Morgan fingerprint density at radius 2 is 2.21 bits per heavy atom. The lowest BCUT2D eigenvalue weighted by atomic mass is 10.3. The summed E-state index contributed by atoms with van der Waals surface area (Å²) in [6, 6.07) is 5.98. The Balaban J connectivity index is 1.90. The van der Waals surface area contributed by atoms with Gasteiger partial charge in [-0.15, -0.1) is 11.3 Å². The summed E-state index contributed by atoms with van der Waals surface area (Å²) in [5.74, 6) is 0. The zero-order chi connectivity index (χ0) is 13.5. The molecular formula is C14H20N4S. The Morgan fingerprint density at radius 3 is 2.95 bits per heavy atom. The highest BCUT2D eigenvalue weighted by molar-refractivity contribution is 7.15. The molecule has 19 heavy (non-hydrogen) atoms. The van der Waals surface area contributed by atoms with Crippen LogP contribution in [0.2, 0.25) is 0 Å². The van der Waals surface area contributed by atoms with Crippen molar-refractivity contribution in [2.24, 2.45) is 0 Å². The quantitative estimate of drug-likeness (QED) is 0.789. The van der Waals surface area contributed by atoms with Crippen LogP contribution in [0.5, 0.6) is 0 Å². The molecule has 0 spiro atoms. The molecule has 0 saturated carbocycles. The van der Waals surface area contributed by atoms with E-state index in [2.05, 4.69) is 34.2 Å². The Bertz CT molecular complexity index is 483. The summed E-state index contributed by atoms with van der Waals surface area (Å²) in [5.41, 5.74) is 1.06. The van der Waals surface area contributed by atoms with Gasteiger partial charge >= 0.3 is 0 Å². The van der Waals surface area contributed by atoms with Gasteiger partial charge < -0.3 is 10.2 Å². The number of nitrogens with zero attached hydrogens (tertiary/aromatic N) is 3. The van der Waals surface area contributed by atoms with Crippen LogP contribution in [0.25, 0.3) is 0 Å². The molecule has 0 bridgehead atoms. The lowest BCUT2D eigenvalue weighted by Crippen LogP contribution is -2.16. The van der Waals surface area contributed by atoms with E-state index in [-0.39, 0.29) is 0 Å². The summed E-state index contributed by atoms with van der Waals surface area (Å²) in [6.45, 7) is 4.92. The molecule has 0 radical (unpaired) electrons. The summed E-state index contributed by atoms with van der Waals surface area (Å²) < 4.78 is 0. The van der Waals surface area contributed by atoms with Crippen LogP contribution in [0.3, 0.4) is 0 Å². The van der Waals surface area contributed by atoms with Gasteiger partial charge in [-0.2, -0.15) is 0 Å². The Morgan fingerprint density at radius 1 is 1.32 bits per heavy atom. The number of aromatic nitrogens is 2. The van der Waals surface area contributed by atoms with E-state index in [0.29, 0.717) is 0 Å². The van der Waals surface area contributed by atoms with Crippen LogP contribution < -0.4 is 10.2 Å². The van der Waals surface area contributed by atoms with Gasteiger partial charge in [0.1, 0.15) is 0 Å². The predicted molar refractivity (Wildman–Crippen MR) is 80.5 cm³/mol. The molecule has 5 heteroatoms. The molecule has 2 rings (SSSR count). The first-order valence-corrected chi connectivity index (χ1v) is 7.37. The third-order valence-electron chi connectivity index (χ3n) is 2.72. The van der Waals surface area contributed by atoms with Gasteiger partial charge in [0.2, 0.25) is 0 Å². The van der Waals surface area contributed by atoms with E-state index in [0.717, 1.165) is 36.9 Å². The first-order valence-electron chi connectivity index (χ1n) is 6.56. The van der Waals surface area contributed by atoms with Gasteiger partial charge in [0.15, 0.2) is 5.13 Å². The molecule has 2 aromatic heterocycles. The molecule has 0 saturated heterocycles. The molecule has 0 aromatic carbocycles. The maximum Gasteiger partial charge on any atom is 0.185 e. The summed E-state index contributed by atoms with van der Waals surface area (Å²) in [7, 11) is 2.05. The van der Waals surface area contributed by atoms with E-state index < -0.39 is 0 Å². The van der Waals surface area contributed by atoms with E-state index >= 15 is 0 Å². The fraction of sp³-hybridized carbons (Fsp3) is 0.429. The smallest absolute Gasteiger partial charge is 0.185 e. The van der Waals surface area contributed by atoms with E-state index in [9.17, 15) is 0 Å². The average molecular weight is 276 g/mol. The maximum atomic E-state index is 4.47. The predicted octanol–water partition coefficient (Wildman–Crippen LogP) is 2.67. The zero-order valence-corrected chi connectivity index (χ0v) is 12.3. The molecule has 2 aromatic rings. The van der Waals surface area contributed by atoms with Crippen LogP contribution >= 0.6 is 11.3 Å². The molecule has 2 heterocycles. The molecule has 0 aliphatic rings. The number of rotatable bonds is 7. The van der Waals surface area contributed by atoms with E-state index in [4.69, 9.17) is 0 Å². The molecule has 0 aliphatic heterocycles. The van der Waals surface area contributed by atoms with E-state index in [1.54, 1.807) is 11.3 Å². The lowest BCUT2D eigenvalue weighted by molar-refractivity contribution is 0.681. The first-order chi connectivity index (χ1) is 9.29. The zero-order valence-electron chi connectivity index (χ0n) is 11.5. The first kappa shape index (κ1) is 14.0. The van der Waals surface area contributed by atoms with Crippen molar-refractivity contribution in [3.05, 3.63) is 41.2 Å². The van der Waals surface area contributed by atoms with Gasteiger partial charge in [0.05, 0.1) is 12.2 Å². The molecule has 4 nitrogen and oxygen atoms in total. The third-order valence-corrected chi connectivity index (χ3v) is 3.83.